The first-order chi connectivity index (χ1) is 13.0. The second-order valence-corrected chi connectivity index (χ2v) is 6.23. The lowest BCUT2D eigenvalue weighted by molar-refractivity contribution is 0.0972. The lowest BCUT2D eigenvalue weighted by Crippen LogP contribution is -2.44. The maximum Gasteiger partial charge on any atom is 0.284 e. The van der Waals surface area contributed by atoms with Gasteiger partial charge in [-0.1, -0.05) is 0 Å². The zero-order valence-corrected chi connectivity index (χ0v) is 17.6. The molecule has 1 aliphatic rings. The number of hydrogen-bond donors (Lipinski definition) is 3. The van der Waals surface area contributed by atoms with Gasteiger partial charge in [-0.2, -0.15) is 0 Å². The molecule has 0 radical (unpaired) electrons. The minimum absolute atomic E-state index is 0. The monoisotopic (exact) mass is 505 g/mol. The van der Waals surface area contributed by atoms with Gasteiger partial charge >= 0.3 is 0 Å². The van der Waals surface area contributed by atoms with E-state index in [9.17, 15) is 13.6 Å². The Bertz CT molecular complexity index is 858. The standard InChI is InChI=1S/C18H21F2N5O2.HI/c1-22-18(23-9-13-3-5-16(27-13)17(21)26)24-12-6-7-25(10-12)15-4-2-11(19)8-14(15)20;/h2-5,8,12H,6-7,9-10H2,1H3,(H2,21,26)(H2,22,23,24);1H. The van der Waals surface area contributed by atoms with Crippen LogP contribution < -0.4 is 21.3 Å². The number of rotatable bonds is 5. The molecule has 152 valence electrons. The largest absolute Gasteiger partial charge is 0.454 e. The van der Waals surface area contributed by atoms with Crippen LogP contribution in [0.4, 0.5) is 14.5 Å². The molecule has 3 rings (SSSR count). The van der Waals surface area contributed by atoms with Crippen LogP contribution in [0.1, 0.15) is 22.7 Å². The van der Waals surface area contributed by atoms with Gasteiger partial charge in [0.25, 0.3) is 5.91 Å². The smallest absolute Gasteiger partial charge is 0.284 e. The van der Waals surface area contributed by atoms with Gasteiger partial charge in [0.2, 0.25) is 0 Å². The topological polar surface area (TPSA) is 95.9 Å². The number of furan rings is 1. The lowest BCUT2D eigenvalue weighted by atomic mass is 10.2. The summed E-state index contributed by atoms with van der Waals surface area (Å²) in [5, 5.41) is 6.35. The van der Waals surface area contributed by atoms with Crippen molar-refractivity contribution >= 4 is 41.5 Å². The van der Waals surface area contributed by atoms with Crippen LogP contribution in [0.25, 0.3) is 0 Å². The average molecular weight is 505 g/mol. The molecule has 2 aromatic rings. The zero-order chi connectivity index (χ0) is 19.4. The van der Waals surface area contributed by atoms with Gasteiger partial charge in [0.05, 0.1) is 12.2 Å². The molecular formula is C18H22F2IN5O2. The van der Waals surface area contributed by atoms with Gasteiger partial charge in [0.15, 0.2) is 11.7 Å². The Morgan fingerprint density at radius 2 is 2.14 bits per heavy atom. The maximum absolute atomic E-state index is 13.9. The summed E-state index contributed by atoms with van der Waals surface area (Å²) >= 11 is 0. The van der Waals surface area contributed by atoms with Crippen LogP contribution in [0, 0.1) is 11.6 Å². The second-order valence-electron chi connectivity index (χ2n) is 6.23. The number of amides is 1. The molecule has 7 nitrogen and oxygen atoms in total. The summed E-state index contributed by atoms with van der Waals surface area (Å²) in [5.74, 6) is -0.578. The van der Waals surface area contributed by atoms with E-state index in [1.54, 1.807) is 13.1 Å². The fraction of sp³-hybridized carbons (Fsp3) is 0.333. The van der Waals surface area contributed by atoms with Crippen molar-refractivity contribution in [1.82, 2.24) is 10.6 Å². The Balaban J connectivity index is 0.00000280. The van der Waals surface area contributed by atoms with Crippen molar-refractivity contribution in [1.29, 1.82) is 0 Å². The van der Waals surface area contributed by atoms with E-state index in [0.717, 1.165) is 12.5 Å². The predicted octanol–water partition coefficient (Wildman–Crippen LogP) is 2.22. The number of aliphatic imine (C=N–C) groups is 1. The number of anilines is 1. The first-order valence-electron chi connectivity index (χ1n) is 8.52. The SMILES string of the molecule is CN=C(NCc1ccc(C(N)=O)o1)NC1CCN(c2ccc(F)cc2F)C1.I. The van der Waals surface area contributed by atoms with Crippen LogP contribution >= 0.6 is 24.0 Å². The Morgan fingerprint density at radius 1 is 1.36 bits per heavy atom. The molecule has 1 unspecified atom stereocenters. The van der Waals surface area contributed by atoms with Gasteiger partial charge in [-0.3, -0.25) is 9.79 Å². The van der Waals surface area contributed by atoms with Crippen LogP contribution in [0.2, 0.25) is 0 Å². The molecule has 0 aliphatic carbocycles. The number of guanidine groups is 1. The van der Waals surface area contributed by atoms with Crippen molar-refractivity contribution in [3.8, 4) is 0 Å². The maximum atomic E-state index is 13.9. The summed E-state index contributed by atoms with van der Waals surface area (Å²) in [6.45, 7) is 1.54. The molecule has 1 aromatic heterocycles. The fourth-order valence-corrected chi connectivity index (χ4v) is 3.00. The average Bonchev–Trinajstić information content (AvgIpc) is 3.28. The number of nitrogens with one attached hydrogen (secondary N) is 2. The van der Waals surface area contributed by atoms with E-state index in [4.69, 9.17) is 10.2 Å². The molecule has 1 aliphatic heterocycles. The van der Waals surface area contributed by atoms with E-state index in [-0.39, 0.29) is 35.8 Å². The molecule has 1 atom stereocenters. The number of primary amides is 1. The molecule has 1 aromatic carbocycles. The van der Waals surface area contributed by atoms with Crippen LogP contribution in [0.15, 0.2) is 39.7 Å². The third kappa shape index (κ3) is 5.33. The molecule has 0 saturated carbocycles. The zero-order valence-electron chi connectivity index (χ0n) is 15.2. The molecule has 1 saturated heterocycles. The van der Waals surface area contributed by atoms with Gasteiger partial charge in [-0.15, -0.1) is 24.0 Å². The molecule has 1 fully saturated rings. The molecule has 1 amide bonds. The summed E-state index contributed by atoms with van der Waals surface area (Å²) in [4.78, 5) is 17.1. The van der Waals surface area contributed by atoms with Gasteiger partial charge in [0, 0.05) is 32.2 Å². The highest BCUT2D eigenvalue weighted by Crippen LogP contribution is 2.24. The molecule has 0 spiro atoms. The predicted molar refractivity (Wildman–Crippen MR) is 113 cm³/mol. The third-order valence-corrected chi connectivity index (χ3v) is 4.34. The Morgan fingerprint density at radius 3 is 2.79 bits per heavy atom. The van der Waals surface area contributed by atoms with Crippen molar-refractivity contribution in [2.45, 2.75) is 19.0 Å². The minimum atomic E-state index is -0.622. The number of carbonyl (C=O) groups excluding carboxylic acids is 1. The first-order valence-corrected chi connectivity index (χ1v) is 8.52. The molecular weight excluding hydrogens is 483 g/mol. The fourth-order valence-electron chi connectivity index (χ4n) is 3.00. The van der Waals surface area contributed by atoms with Crippen molar-refractivity contribution < 1.29 is 18.0 Å². The summed E-state index contributed by atoms with van der Waals surface area (Å²) < 4.78 is 32.3. The summed E-state index contributed by atoms with van der Waals surface area (Å²) in [5.41, 5.74) is 5.54. The normalized spacial score (nSPS) is 16.6. The summed E-state index contributed by atoms with van der Waals surface area (Å²) in [7, 11) is 1.64. The number of nitrogens with two attached hydrogens (primary N) is 1. The van der Waals surface area contributed by atoms with E-state index in [1.807, 2.05) is 4.90 Å². The second kappa shape index (κ2) is 9.71. The number of hydrogen-bond acceptors (Lipinski definition) is 4. The number of nitrogens with zero attached hydrogens (tertiary/aromatic N) is 2. The van der Waals surface area contributed by atoms with Gasteiger partial charge in [0.1, 0.15) is 17.4 Å². The summed E-state index contributed by atoms with van der Waals surface area (Å²) in [6, 6.07) is 6.83. The number of halogens is 3. The third-order valence-electron chi connectivity index (χ3n) is 4.34. The molecule has 2 heterocycles. The van der Waals surface area contributed by atoms with E-state index in [1.165, 1.54) is 18.2 Å². The minimum Gasteiger partial charge on any atom is -0.454 e. The Kier molecular flexibility index (Phi) is 7.61. The Hall–Kier alpha value is -2.37. The van der Waals surface area contributed by atoms with Gasteiger partial charge in [-0.05, 0) is 30.7 Å². The van der Waals surface area contributed by atoms with Crippen LogP contribution in [-0.4, -0.2) is 38.0 Å². The van der Waals surface area contributed by atoms with Gasteiger partial charge in [-0.25, -0.2) is 8.78 Å². The molecule has 4 N–H and O–H groups in total. The van der Waals surface area contributed by atoms with Crippen LogP contribution in [-0.2, 0) is 6.54 Å². The number of benzene rings is 1. The molecule has 28 heavy (non-hydrogen) atoms. The quantitative estimate of drug-likeness (QED) is 0.329. The molecule has 0 bridgehead atoms. The van der Waals surface area contributed by atoms with E-state index in [2.05, 4.69) is 15.6 Å². The van der Waals surface area contributed by atoms with Crippen LogP contribution in [0.3, 0.4) is 0 Å². The van der Waals surface area contributed by atoms with Crippen molar-refractivity contribution in [3.05, 3.63) is 53.5 Å². The van der Waals surface area contributed by atoms with Crippen molar-refractivity contribution in [2.75, 3.05) is 25.0 Å². The molecule has 10 heteroatoms. The summed E-state index contributed by atoms with van der Waals surface area (Å²) in [6.07, 6.45) is 0.782. The lowest BCUT2D eigenvalue weighted by Gasteiger charge is -2.20. The van der Waals surface area contributed by atoms with Gasteiger partial charge < -0.3 is 25.7 Å². The van der Waals surface area contributed by atoms with E-state index < -0.39 is 17.5 Å². The van der Waals surface area contributed by atoms with Crippen LogP contribution in [0.5, 0.6) is 0 Å². The van der Waals surface area contributed by atoms with E-state index in [0.29, 0.717) is 37.0 Å². The van der Waals surface area contributed by atoms with Crippen molar-refractivity contribution in [2.24, 2.45) is 10.7 Å². The highest BCUT2D eigenvalue weighted by molar-refractivity contribution is 14.0. The highest BCUT2D eigenvalue weighted by Gasteiger charge is 2.25. The number of carbonyl (C=O) groups is 1. The first kappa shape index (κ1) is 21.9. The van der Waals surface area contributed by atoms with E-state index >= 15 is 0 Å². The highest BCUT2D eigenvalue weighted by atomic mass is 127. The van der Waals surface area contributed by atoms with Crippen molar-refractivity contribution in [3.63, 3.8) is 0 Å². The Labute approximate surface area is 178 Å².